The average Bonchev–Trinajstić information content (AvgIpc) is 2.26. The van der Waals surface area contributed by atoms with Crippen molar-refractivity contribution in [3.8, 4) is 0 Å². The molecular weight excluding hydrogens is 212 g/mol. The lowest BCUT2D eigenvalue weighted by Crippen LogP contribution is -2.37. The zero-order valence-corrected chi connectivity index (χ0v) is 11.8. The van der Waals surface area contributed by atoms with E-state index in [0.717, 1.165) is 19.6 Å². The monoisotopic (exact) mass is 240 g/mol. The molecule has 1 rings (SSSR count). The highest BCUT2D eigenvalue weighted by molar-refractivity contribution is 5.76. The molecule has 1 saturated heterocycles. The molecule has 3 heteroatoms. The quantitative estimate of drug-likeness (QED) is 0.791. The Balaban J connectivity index is 2.20. The first-order valence-corrected chi connectivity index (χ1v) is 6.87. The van der Waals surface area contributed by atoms with Gasteiger partial charge in [0.25, 0.3) is 0 Å². The second kappa shape index (κ2) is 6.39. The molecule has 1 aliphatic heterocycles. The van der Waals surface area contributed by atoms with Crippen LogP contribution in [-0.2, 0) is 4.79 Å². The van der Waals surface area contributed by atoms with E-state index in [1.54, 1.807) is 0 Å². The van der Waals surface area contributed by atoms with Gasteiger partial charge in [0.15, 0.2) is 0 Å². The molecule has 0 radical (unpaired) electrons. The lowest BCUT2D eigenvalue weighted by Gasteiger charge is -2.27. The molecule has 1 unspecified atom stereocenters. The third kappa shape index (κ3) is 5.53. The highest BCUT2D eigenvalue weighted by Gasteiger charge is 2.23. The molecule has 1 aliphatic rings. The number of hydrogen-bond acceptors (Lipinski definition) is 2. The normalized spacial score (nSPS) is 20.0. The molecule has 0 aliphatic carbocycles. The second-order valence-corrected chi connectivity index (χ2v) is 6.47. The van der Waals surface area contributed by atoms with Gasteiger partial charge in [0.1, 0.15) is 0 Å². The van der Waals surface area contributed by atoms with Crippen LogP contribution in [0.4, 0.5) is 0 Å². The number of carbonyl (C=O) groups excluding carboxylic acids is 1. The van der Waals surface area contributed by atoms with Crippen molar-refractivity contribution in [1.82, 2.24) is 10.6 Å². The Kier molecular flexibility index (Phi) is 5.44. The highest BCUT2D eigenvalue weighted by Crippen LogP contribution is 2.27. The summed E-state index contributed by atoms with van der Waals surface area (Å²) in [4.78, 5) is 11.8. The van der Waals surface area contributed by atoms with Crippen LogP contribution in [0.1, 0.15) is 47.0 Å². The van der Waals surface area contributed by atoms with Crippen molar-refractivity contribution in [2.75, 3.05) is 19.6 Å². The van der Waals surface area contributed by atoms with Crippen LogP contribution >= 0.6 is 0 Å². The van der Waals surface area contributed by atoms with Crippen molar-refractivity contribution in [3.63, 3.8) is 0 Å². The van der Waals surface area contributed by atoms with E-state index in [2.05, 4.69) is 38.3 Å². The van der Waals surface area contributed by atoms with E-state index in [0.29, 0.717) is 18.3 Å². The maximum atomic E-state index is 11.8. The van der Waals surface area contributed by atoms with E-state index in [1.807, 2.05) is 0 Å². The lowest BCUT2D eigenvalue weighted by molar-refractivity contribution is -0.122. The Morgan fingerprint density at radius 1 is 1.35 bits per heavy atom. The smallest absolute Gasteiger partial charge is 0.220 e. The summed E-state index contributed by atoms with van der Waals surface area (Å²) in [6.07, 6.45) is 3.03. The van der Waals surface area contributed by atoms with Crippen LogP contribution in [0.15, 0.2) is 0 Å². The minimum Gasteiger partial charge on any atom is -0.356 e. The van der Waals surface area contributed by atoms with Crippen LogP contribution in [0, 0.1) is 17.3 Å². The van der Waals surface area contributed by atoms with Gasteiger partial charge in [-0.15, -0.1) is 0 Å². The molecule has 17 heavy (non-hydrogen) atoms. The molecule has 0 bridgehead atoms. The number of nitrogens with one attached hydrogen (secondary N) is 2. The van der Waals surface area contributed by atoms with Gasteiger partial charge >= 0.3 is 0 Å². The van der Waals surface area contributed by atoms with Crippen molar-refractivity contribution < 1.29 is 4.79 Å². The summed E-state index contributed by atoms with van der Waals surface area (Å²) in [5.41, 5.74) is 0.214. The van der Waals surface area contributed by atoms with Crippen LogP contribution in [0.25, 0.3) is 0 Å². The third-order valence-corrected chi connectivity index (χ3v) is 4.02. The summed E-state index contributed by atoms with van der Waals surface area (Å²) in [6.45, 7) is 11.8. The lowest BCUT2D eigenvalue weighted by atomic mass is 9.80. The minimum absolute atomic E-state index is 0.214. The molecule has 1 amide bonds. The molecular formula is C14H28N2O. The number of rotatable bonds is 4. The fourth-order valence-electron chi connectivity index (χ4n) is 2.00. The molecule has 0 saturated carbocycles. The Morgan fingerprint density at radius 2 is 1.94 bits per heavy atom. The summed E-state index contributed by atoms with van der Waals surface area (Å²) >= 11 is 0. The van der Waals surface area contributed by atoms with Crippen molar-refractivity contribution in [1.29, 1.82) is 0 Å². The molecule has 0 aromatic heterocycles. The molecule has 1 heterocycles. The molecule has 3 nitrogen and oxygen atoms in total. The summed E-state index contributed by atoms with van der Waals surface area (Å²) in [6, 6.07) is 0. The number of piperidine rings is 1. The molecule has 1 fully saturated rings. The molecule has 100 valence electrons. The Hall–Kier alpha value is -0.570. The largest absolute Gasteiger partial charge is 0.356 e. The van der Waals surface area contributed by atoms with Crippen LogP contribution in [0.5, 0.6) is 0 Å². The summed E-state index contributed by atoms with van der Waals surface area (Å²) < 4.78 is 0. The van der Waals surface area contributed by atoms with Crippen LogP contribution < -0.4 is 10.6 Å². The standard InChI is InChI=1S/C14H28N2O/c1-11(14(2,3)4)9-13(17)16-10-12-5-7-15-8-6-12/h11-12,15H,5-10H2,1-4H3,(H,16,17). The molecule has 0 aromatic carbocycles. The van der Waals surface area contributed by atoms with Gasteiger partial charge in [-0.05, 0) is 43.2 Å². The van der Waals surface area contributed by atoms with Gasteiger partial charge in [-0.2, -0.15) is 0 Å². The zero-order valence-electron chi connectivity index (χ0n) is 11.8. The maximum Gasteiger partial charge on any atom is 0.220 e. The number of carbonyl (C=O) groups is 1. The van der Waals surface area contributed by atoms with Gasteiger partial charge in [-0.25, -0.2) is 0 Å². The van der Waals surface area contributed by atoms with Gasteiger partial charge in [0.2, 0.25) is 5.91 Å². The first-order valence-electron chi connectivity index (χ1n) is 6.87. The first kappa shape index (κ1) is 14.5. The van der Waals surface area contributed by atoms with Gasteiger partial charge in [-0.3, -0.25) is 4.79 Å². The van der Waals surface area contributed by atoms with Gasteiger partial charge in [-0.1, -0.05) is 27.7 Å². The second-order valence-electron chi connectivity index (χ2n) is 6.47. The maximum absolute atomic E-state index is 11.8. The van der Waals surface area contributed by atoms with E-state index in [9.17, 15) is 4.79 Å². The van der Waals surface area contributed by atoms with E-state index >= 15 is 0 Å². The zero-order chi connectivity index (χ0) is 12.9. The van der Waals surface area contributed by atoms with E-state index < -0.39 is 0 Å². The van der Waals surface area contributed by atoms with E-state index in [1.165, 1.54) is 12.8 Å². The Labute approximate surface area is 106 Å². The predicted molar refractivity (Wildman–Crippen MR) is 71.8 cm³/mol. The highest BCUT2D eigenvalue weighted by atomic mass is 16.1. The molecule has 0 aromatic rings. The third-order valence-electron chi connectivity index (χ3n) is 4.02. The predicted octanol–water partition coefficient (Wildman–Crippen LogP) is 2.17. The van der Waals surface area contributed by atoms with Gasteiger partial charge < -0.3 is 10.6 Å². The van der Waals surface area contributed by atoms with Gasteiger partial charge in [0, 0.05) is 13.0 Å². The van der Waals surface area contributed by atoms with Crippen molar-refractivity contribution in [2.45, 2.75) is 47.0 Å². The fraction of sp³-hybridized carbons (Fsp3) is 0.929. The molecule has 2 N–H and O–H groups in total. The molecule has 0 spiro atoms. The Morgan fingerprint density at radius 3 is 2.47 bits per heavy atom. The van der Waals surface area contributed by atoms with Crippen LogP contribution in [-0.4, -0.2) is 25.5 Å². The van der Waals surface area contributed by atoms with Crippen molar-refractivity contribution in [3.05, 3.63) is 0 Å². The number of amides is 1. The van der Waals surface area contributed by atoms with E-state index in [4.69, 9.17) is 0 Å². The minimum atomic E-state index is 0.214. The SMILES string of the molecule is CC(CC(=O)NCC1CCNCC1)C(C)(C)C. The summed E-state index contributed by atoms with van der Waals surface area (Å²) in [5.74, 6) is 1.31. The average molecular weight is 240 g/mol. The summed E-state index contributed by atoms with van der Waals surface area (Å²) in [7, 11) is 0. The number of hydrogen-bond donors (Lipinski definition) is 2. The van der Waals surface area contributed by atoms with E-state index in [-0.39, 0.29) is 11.3 Å². The summed E-state index contributed by atoms with van der Waals surface area (Å²) in [5, 5.41) is 6.43. The fourth-order valence-corrected chi connectivity index (χ4v) is 2.00. The Bertz CT molecular complexity index is 239. The first-order chi connectivity index (χ1) is 7.89. The van der Waals surface area contributed by atoms with Crippen LogP contribution in [0.2, 0.25) is 0 Å². The molecule has 1 atom stereocenters. The van der Waals surface area contributed by atoms with Crippen molar-refractivity contribution in [2.24, 2.45) is 17.3 Å². The van der Waals surface area contributed by atoms with Crippen molar-refractivity contribution >= 4 is 5.91 Å². The van der Waals surface area contributed by atoms with Crippen LogP contribution in [0.3, 0.4) is 0 Å². The topological polar surface area (TPSA) is 41.1 Å². The van der Waals surface area contributed by atoms with Gasteiger partial charge in [0.05, 0.1) is 0 Å².